The van der Waals surface area contributed by atoms with Gasteiger partial charge in [-0.05, 0) is 25.0 Å². The Balaban J connectivity index is 2.26. The zero-order valence-corrected chi connectivity index (χ0v) is 10.0. The highest BCUT2D eigenvalue weighted by molar-refractivity contribution is 6.03. The average molecular weight is 229 g/mol. The second-order valence-electron chi connectivity index (χ2n) is 4.26. The number of nitrogens with one attached hydrogen (secondary N) is 2. The van der Waals surface area contributed by atoms with Gasteiger partial charge in [0.15, 0.2) is 0 Å². The molecule has 0 fully saturated rings. The van der Waals surface area contributed by atoms with Gasteiger partial charge in [0.2, 0.25) is 5.91 Å². The van der Waals surface area contributed by atoms with E-state index in [4.69, 9.17) is 5.26 Å². The van der Waals surface area contributed by atoms with Gasteiger partial charge >= 0.3 is 0 Å². The summed E-state index contributed by atoms with van der Waals surface area (Å²) in [6, 6.07) is 5.73. The molecule has 1 unspecified atom stereocenters. The van der Waals surface area contributed by atoms with Gasteiger partial charge in [-0.2, -0.15) is 5.26 Å². The van der Waals surface area contributed by atoms with Crippen LogP contribution in [0.25, 0.3) is 0 Å². The van der Waals surface area contributed by atoms with E-state index in [9.17, 15) is 4.79 Å². The van der Waals surface area contributed by atoms with Crippen LogP contribution in [0.1, 0.15) is 29.2 Å². The van der Waals surface area contributed by atoms with Crippen molar-refractivity contribution in [2.45, 2.75) is 26.3 Å². The standard InChI is InChI=1S/C13H15N3O/c1-8-4-5-10-11(9(8)2)16-13(17)12(10)15-7-3-6-14/h4-5,12,15H,3,7H2,1-2H3,(H,16,17). The Morgan fingerprint density at radius 3 is 2.94 bits per heavy atom. The minimum atomic E-state index is -0.322. The number of nitriles is 1. The smallest absolute Gasteiger partial charge is 0.246 e. The van der Waals surface area contributed by atoms with Crippen molar-refractivity contribution in [2.24, 2.45) is 0 Å². The Labute approximate surface area is 101 Å². The maximum Gasteiger partial charge on any atom is 0.246 e. The number of carbonyl (C=O) groups is 1. The van der Waals surface area contributed by atoms with Gasteiger partial charge in [0, 0.05) is 24.2 Å². The van der Waals surface area contributed by atoms with Gasteiger partial charge in [0.25, 0.3) is 0 Å². The van der Waals surface area contributed by atoms with Crippen molar-refractivity contribution in [1.82, 2.24) is 5.32 Å². The van der Waals surface area contributed by atoms with Gasteiger partial charge in [0.1, 0.15) is 6.04 Å². The van der Waals surface area contributed by atoms with Crippen LogP contribution in [-0.4, -0.2) is 12.5 Å². The third-order valence-corrected chi connectivity index (χ3v) is 3.17. The Bertz CT molecular complexity index is 502. The van der Waals surface area contributed by atoms with E-state index >= 15 is 0 Å². The largest absolute Gasteiger partial charge is 0.324 e. The van der Waals surface area contributed by atoms with Crippen molar-refractivity contribution in [3.05, 3.63) is 28.8 Å². The predicted octanol–water partition coefficient (Wildman–Crippen LogP) is 1.80. The number of aryl methyl sites for hydroxylation is 1. The highest BCUT2D eigenvalue weighted by Gasteiger charge is 2.31. The quantitative estimate of drug-likeness (QED) is 0.777. The van der Waals surface area contributed by atoms with Crippen molar-refractivity contribution in [1.29, 1.82) is 5.26 Å². The number of hydrogen-bond acceptors (Lipinski definition) is 3. The second-order valence-corrected chi connectivity index (χ2v) is 4.26. The first-order chi connectivity index (χ1) is 8.15. The summed E-state index contributed by atoms with van der Waals surface area (Å²) in [7, 11) is 0. The maximum absolute atomic E-state index is 11.8. The van der Waals surface area contributed by atoms with Crippen LogP contribution in [0.2, 0.25) is 0 Å². The number of anilines is 1. The van der Waals surface area contributed by atoms with Crippen molar-refractivity contribution < 1.29 is 4.79 Å². The molecule has 17 heavy (non-hydrogen) atoms. The molecule has 4 heteroatoms. The van der Waals surface area contributed by atoms with Gasteiger partial charge in [0.05, 0.1) is 6.07 Å². The fourth-order valence-corrected chi connectivity index (χ4v) is 2.05. The number of nitrogens with zero attached hydrogens (tertiary/aromatic N) is 1. The van der Waals surface area contributed by atoms with E-state index in [1.165, 1.54) is 5.56 Å². The SMILES string of the molecule is Cc1ccc2c(c1C)NC(=O)C2NCCC#N. The molecule has 2 rings (SSSR count). The molecule has 4 nitrogen and oxygen atoms in total. The van der Waals surface area contributed by atoms with Crippen LogP contribution in [-0.2, 0) is 4.79 Å². The molecule has 1 aromatic carbocycles. The Morgan fingerprint density at radius 2 is 2.24 bits per heavy atom. The fourth-order valence-electron chi connectivity index (χ4n) is 2.05. The lowest BCUT2D eigenvalue weighted by Gasteiger charge is -2.11. The Hall–Kier alpha value is -1.86. The van der Waals surface area contributed by atoms with Crippen LogP contribution in [0.15, 0.2) is 12.1 Å². The summed E-state index contributed by atoms with van der Waals surface area (Å²) in [6.07, 6.45) is 0.407. The number of fused-ring (bicyclic) bond motifs is 1. The first-order valence-corrected chi connectivity index (χ1v) is 5.66. The summed E-state index contributed by atoms with van der Waals surface area (Å²) in [5.74, 6) is -0.0355. The van der Waals surface area contributed by atoms with Gasteiger partial charge in [-0.25, -0.2) is 0 Å². The summed E-state index contributed by atoms with van der Waals surface area (Å²) in [5, 5.41) is 14.5. The lowest BCUT2D eigenvalue weighted by Crippen LogP contribution is -2.28. The molecule has 0 saturated carbocycles. The van der Waals surface area contributed by atoms with Crippen LogP contribution in [0.4, 0.5) is 5.69 Å². The molecule has 0 radical (unpaired) electrons. The normalized spacial score (nSPS) is 17.5. The highest BCUT2D eigenvalue weighted by atomic mass is 16.2. The van der Waals surface area contributed by atoms with E-state index in [0.717, 1.165) is 16.8 Å². The van der Waals surface area contributed by atoms with E-state index < -0.39 is 0 Å². The minimum Gasteiger partial charge on any atom is -0.324 e. The molecule has 88 valence electrons. The molecule has 0 aromatic heterocycles. The Kier molecular flexibility index (Phi) is 3.12. The topological polar surface area (TPSA) is 64.9 Å². The summed E-state index contributed by atoms with van der Waals surface area (Å²) in [6.45, 7) is 4.56. The molecule has 1 aliphatic rings. The van der Waals surface area contributed by atoms with Crippen LogP contribution in [0, 0.1) is 25.2 Å². The fraction of sp³-hybridized carbons (Fsp3) is 0.385. The minimum absolute atomic E-state index is 0.0355. The van der Waals surface area contributed by atoms with Crippen LogP contribution < -0.4 is 10.6 Å². The molecule has 0 aliphatic carbocycles. The van der Waals surface area contributed by atoms with E-state index in [1.807, 2.05) is 26.0 Å². The van der Waals surface area contributed by atoms with Crippen LogP contribution in [0.5, 0.6) is 0 Å². The molecule has 0 saturated heterocycles. The molecule has 0 spiro atoms. The zero-order valence-electron chi connectivity index (χ0n) is 10.0. The van der Waals surface area contributed by atoms with Crippen molar-refractivity contribution in [3.63, 3.8) is 0 Å². The van der Waals surface area contributed by atoms with Crippen molar-refractivity contribution in [2.75, 3.05) is 11.9 Å². The van der Waals surface area contributed by atoms with Gasteiger partial charge in [-0.15, -0.1) is 0 Å². The number of carbonyl (C=O) groups excluding carboxylic acids is 1. The number of rotatable bonds is 3. The second kappa shape index (κ2) is 4.56. The van der Waals surface area contributed by atoms with Gasteiger partial charge in [-0.1, -0.05) is 12.1 Å². The van der Waals surface area contributed by atoms with Gasteiger partial charge < -0.3 is 10.6 Å². The lowest BCUT2D eigenvalue weighted by atomic mass is 10.0. The monoisotopic (exact) mass is 229 g/mol. The molecular weight excluding hydrogens is 214 g/mol. The summed E-state index contributed by atoms with van der Waals surface area (Å²) in [4.78, 5) is 11.8. The van der Waals surface area contributed by atoms with Crippen molar-refractivity contribution in [3.8, 4) is 6.07 Å². The number of benzene rings is 1. The third kappa shape index (κ3) is 2.02. The summed E-state index contributed by atoms with van der Waals surface area (Å²) in [5.41, 5.74) is 4.18. The Morgan fingerprint density at radius 1 is 1.47 bits per heavy atom. The molecule has 1 amide bonds. The van der Waals surface area contributed by atoms with E-state index in [2.05, 4.69) is 16.7 Å². The molecular formula is C13H15N3O. The molecule has 1 atom stereocenters. The zero-order chi connectivity index (χ0) is 12.4. The average Bonchev–Trinajstić information content (AvgIpc) is 2.62. The molecule has 1 aromatic rings. The summed E-state index contributed by atoms with van der Waals surface area (Å²) < 4.78 is 0. The van der Waals surface area contributed by atoms with E-state index in [-0.39, 0.29) is 11.9 Å². The first kappa shape index (κ1) is 11.6. The number of amides is 1. The highest BCUT2D eigenvalue weighted by Crippen LogP contribution is 2.34. The molecule has 0 bridgehead atoms. The molecule has 2 N–H and O–H groups in total. The molecule has 1 heterocycles. The van der Waals surface area contributed by atoms with Crippen LogP contribution >= 0.6 is 0 Å². The predicted molar refractivity (Wildman–Crippen MR) is 65.5 cm³/mol. The third-order valence-electron chi connectivity index (χ3n) is 3.17. The first-order valence-electron chi connectivity index (χ1n) is 5.66. The van der Waals surface area contributed by atoms with Crippen molar-refractivity contribution >= 4 is 11.6 Å². The molecule has 1 aliphatic heterocycles. The number of hydrogen-bond donors (Lipinski definition) is 2. The lowest BCUT2D eigenvalue weighted by molar-refractivity contribution is -0.117. The summed E-state index contributed by atoms with van der Waals surface area (Å²) >= 11 is 0. The van der Waals surface area contributed by atoms with E-state index in [1.54, 1.807) is 0 Å². The van der Waals surface area contributed by atoms with Crippen LogP contribution in [0.3, 0.4) is 0 Å². The van der Waals surface area contributed by atoms with E-state index in [0.29, 0.717) is 13.0 Å². The van der Waals surface area contributed by atoms with Gasteiger partial charge in [-0.3, -0.25) is 4.79 Å². The maximum atomic E-state index is 11.8.